The first-order valence-electron chi connectivity index (χ1n) is 5.18. The SMILES string of the molecule is CC(C)(C)CCNc1ccnc(NN)c1. The summed E-state index contributed by atoms with van der Waals surface area (Å²) in [7, 11) is 0. The first-order chi connectivity index (χ1) is 7.01. The number of nitrogens with two attached hydrogens (primary N) is 1. The fraction of sp³-hybridized carbons (Fsp3) is 0.545. The molecule has 0 atom stereocenters. The van der Waals surface area contributed by atoms with Gasteiger partial charge in [-0.25, -0.2) is 10.8 Å². The third kappa shape index (κ3) is 4.65. The van der Waals surface area contributed by atoms with Crippen LogP contribution in [0.25, 0.3) is 0 Å². The highest BCUT2D eigenvalue weighted by molar-refractivity contribution is 5.51. The van der Waals surface area contributed by atoms with E-state index in [0.717, 1.165) is 18.7 Å². The van der Waals surface area contributed by atoms with Gasteiger partial charge < -0.3 is 10.7 Å². The Morgan fingerprint density at radius 3 is 2.73 bits per heavy atom. The summed E-state index contributed by atoms with van der Waals surface area (Å²) in [5.74, 6) is 5.95. The average molecular weight is 208 g/mol. The largest absolute Gasteiger partial charge is 0.385 e. The van der Waals surface area contributed by atoms with Crippen LogP contribution < -0.4 is 16.6 Å². The second-order valence-corrected chi connectivity index (χ2v) is 4.81. The maximum absolute atomic E-state index is 5.28. The normalized spacial score (nSPS) is 11.2. The van der Waals surface area contributed by atoms with Crippen LogP contribution in [0.5, 0.6) is 0 Å². The first kappa shape index (κ1) is 11.8. The standard InChI is InChI=1S/C11H20N4/c1-11(2,3)5-7-13-9-4-6-14-10(8-9)15-12/h4,6,8H,5,7,12H2,1-3H3,(H2,13,14,15). The summed E-state index contributed by atoms with van der Waals surface area (Å²) in [5.41, 5.74) is 3.92. The van der Waals surface area contributed by atoms with Gasteiger partial charge in [-0.1, -0.05) is 20.8 Å². The minimum Gasteiger partial charge on any atom is -0.385 e. The molecule has 4 heteroatoms. The number of anilines is 2. The van der Waals surface area contributed by atoms with Crippen LogP contribution in [0.1, 0.15) is 27.2 Å². The molecule has 0 saturated carbocycles. The number of hydrogen-bond acceptors (Lipinski definition) is 4. The van der Waals surface area contributed by atoms with E-state index in [1.807, 2.05) is 12.1 Å². The molecule has 15 heavy (non-hydrogen) atoms. The lowest BCUT2D eigenvalue weighted by molar-refractivity contribution is 0.390. The summed E-state index contributed by atoms with van der Waals surface area (Å²) in [5, 5.41) is 3.34. The van der Waals surface area contributed by atoms with Gasteiger partial charge in [0.2, 0.25) is 0 Å². The number of nitrogen functional groups attached to an aromatic ring is 1. The third-order valence-electron chi connectivity index (χ3n) is 2.11. The topological polar surface area (TPSA) is 63.0 Å². The number of rotatable bonds is 4. The number of nitrogens with zero attached hydrogens (tertiary/aromatic N) is 1. The molecule has 1 aromatic heterocycles. The second-order valence-electron chi connectivity index (χ2n) is 4.81. The molecule has 0 aliphatic rings. The highest BCUT2D eigenvalue weighted by Crippen LogP contribution is 2.19. The molecule has 4 N–H and O–H groups in total. The van der Waals surface area contributed by atoms with Crippen molar-refractivity contribution in [3.8, 4) is 0 Å². The van der Waals surface area contributed by atoms with Crippen molar-refractivity contribution in [2.24, 2.45) is 11.3 Å². The minimum atomic E-state index is 0.356. The van der Waals surface area contributed by atoms with Crippen molar-refractivity contribution in [1.29, 1.82) is 0 Å². The molecule has 0 saturated heterocycles. The summed E-state index contributed by atoms with van der Waals surface area (Å²) in [6.07, 6.45) is 2.86. The van der Waals surface area contributed by atoms with Crippen molar-refractivity contribution < 1.29 is 0 Å². The summed E-state index contributed by atoms with van der Waals surface area (Å²) in [6.45, 7) is 7.65. The van der Waals surface area contributed by atoms with E-state index in [0.29, 0.717) is 11.2 Å². The lowest BCUT2D eigenvalue weighted by atomic mass is 9.92. The summed E-state index contributed by atoms with van der Waals surface area (Å²) in [4.78, 5) is 4.04. The van der Waals surface area contributed by atoms with Crippen molar-refractivity contribution in [2.75, 3.05) is 17.3 Å². The fourth-order valence-electron chi connectivity index (χ4n) is 1.20. The van der Waals surface area contributed by atoms with Gasteiger partial charge in [-0.05, 0) is 17.9 Å². The molecule has 0 fully saturated rings. The molecule has 0 aromatic carbocycles. The van der Waals surface area contributed by atoms with E-state index in [-0.39, 0.29) is 0 Å². The van der Waals surface area contributed by atoms with Crippen molar-refractivity contribution in [2.45, 2.75) is 27.2 Å². The third-order valence-corrected chi connectivity index (χ3v) is 2.11. The van der Waals surface area contributed by atoms with Gasteiger partial charge in [-0.2, -0.15) is 0 Å². The van der Waals surface area contributed by atoms with Crippen LogP contribution in [0.4, 0.5) is 11.5 Å². The Labute approximate surface area is 91.3 Å². The highest BCUT2D eigenvalue weighted by Gasteiger charge is 2.08. The van der Waals surface area contributed by atoms with Crippen molar-refractivity contribution in [1.82, 2.24) is 4.98 Å². The van der Waals surface area contributed by atoms with Crippen LogP contribution in [0, 0.1) is 5.41 Å². The average Bonchev–Trinajstić information content (AvgIpc) is 2.16. The summed E-state index contributed by atoms with van der Waals surface area (Å²) < 4.78 is 0. The van der Waals surface area contributed by atoms with Gasteiger partial charge in [0, 0.05) is 24.5 Å². The molecule has 0 bridgehead atoms. The smallest absolute Gasteiger partial charge is 0.141 e. The molecule has 4 nitrogen and oxygen atoms in total. The molecular formula is C11H20N4. The van der Waals surface area contributed by atoms with Gasteiger partial charge in [0.15, 0.2) is 0 Å². The Bertz CT molecular complexity index is 304. The van der Waals surface area contributed by atoms with Gasteiger partial charge in [-0.3, -0.25) is 0 Å². The van der Waals surface area contributed by atoms with E-state index < -0.39 is 0 Å². The van der Waals surface area contributed by atoms with Crippen LogP contribution in [-0.2, 0) is 0 Å². The molecule has 0 aliphatic heterocycles. The number of pyridine rings is 1. The van der Waals surface area contributed by atoms with Gasteiger partial charge in [-0.15, -0.1) is 0 Å². The molecule has 0 unspecified atom stereocenters. The second kappa shape index (κ2) is 4.98. The maximum Gasteiger partial charge on any atom is 0.141 e. The van der Waals surface area contributed by atoms with Crippen LogP contribution in [0.2, 0.25) is 0 Å². The van der Waals surface area contributed by atoms with E-state index in [9.17, 15) is 0 Å². The lowest BCUT2D eigenvalue weighted by Gasteiger charge is -2.18. The van der Waals surface area contributed by atoms with Gasteiger partial charge in [0.25, 0.3) is 0 Å². The predicted molar refractivity (Wildman–Crippen MR) is 64.6 cm³/mol. The maximum atomic E-state index is 5.28. The van der Waals surface area contributed by atoms with Gasteiger partial charge >= 0.3 is 0 Å². The van der Waals surface area contributed by atoms with E-state index >= 15 is 0 Å². The molecule has 1 rings (SSSR count). The molecule has 0 aliphatic carbocycles. The Morgan fingerprint density at radius 1 is 1.40 bits per heavy atom. The molecular weight excluding hydrogens is 188 g/mol. The van der Waals surface area contributed by atoms with Crippen LogP contribution in [0.15, 0.2) is 18.3 Å². The fourth-order valence-corrected chi connectivity index (χ4v) is 1.20. The van der Waals surface area contributed by atoms with Crippen LogP contribution in [-0.4, -0.2) is 11.5 Å². The van der Waals surface area contributed by atoms with Crippen LogP contribution >= 0.6 is 0 Å². The van der Waals surface area contributed by atoms with E-state index in [1.54, 1.807) is 6.20 Å². The summed E-state index contributed by atoms with van der Waals surface area (Å²) >= 11 is 0. The van der Waals surface area contributed by atoms with Gasteiger partial charge in [0.1, 0.15) is 5.82 Å². The monoisotopic (exact) mass is 208 g/mol. The quantitative estimate of drug-likeness (QED) is 0.524. The predicted octanol–water partition coefficient (Wildman–Crippen LogP) is 2.22. The molecule has 1 aromatic rings. The number of aromatic nitrogens is 1. The number of hydrazine groups is 1. The van der Waals surface area contributed by atoms with Crippen molar-refractivity contribution in [3.05, 3.63) is 18.3 Å². The molecule has 0 amide bonds. The van der Waals surface area contributed by atoms with Crippen molar-refractivity contribution in [3.63, 3.8) is 0 Å². The summed E-state index contributed by atoms with van der Waals surface area (Å²) in [6, 6.07) is 3.83. The zero-order valence-electron chi connectivity index (χ0n) is 9.67. The van der Waals surface area contributed by atoms with Crippen LogP contribution in [0.3, 0.4) is 0 Å². The van der Waals surface area contributed by atoms with E-state index in [4.69, 9.17) is 5.84 Å². The Morgan fingerprint density at radius 2 is 2.13 bits per heavy atom. The van der Waals surface area contributed by atoms with E-state index in [2.05, 4.69) is 36.5 Å². The number of hydrogen-bond donors (Lipinski definition) is 3. The molecule has 0 radical (unpaired) electrons. The highest BCUT2D eigenvalue weighted by atomic mass is 15.2. The first-order valence-corrected chi connectivity index (χ1v) is 5.18. The number of nitrogens with one attached hydrogen (secondary N) is 2. The van der Waals surface area contributed by atoms with Gasteiger partial charge in [0.05, 0.1) is 0 Å². The Hall–Kier alpha value is -1.29. The zero-order valence-corrected chi connectivity index (χ0v) is 9.67. The molecule has 84 valence electrons. The van der Waals surface area contributed by atoms with E-state index in [1.165, 1.54) is 0 Å². The lowest BCUT2D eigenvalue weighted by Crippen LogP contribution is -2.13. The zero-order chi connectivity index (χ0) is 11.3. The molecule has 0 spiro atoms. The minimum absolute atomic E-state index is 0.356. The Kier molecular flexibility index (Phi) is 3.91. The molecule has 1 heterocycles. The van der Waals surface area contributed by atoms with Crippen molar-refractivity contribution >= 4 is 11.5 Å². The Balaban J connectivity index is 2.44.